The van der Waals surface area contributed by atoms with Gasteiger partial charge in [-0.05, 0) is 19.1 Å². The predicted molar refractivity (Wildman–Crippen MR) is 54.1 cm³/mol. The average molecular weight is 276 g/mol. The van der Waals surface area contributed by atoms with Gasteiger partial charge in [-0.3, -0.25) is 0 Å². The topological polar surface area (TPSA) is 69.9 Å². The first-order chi connectivity index (χ1) is 6.88. The molecule has 0 aliphatic rings. The molecule has 0 heterocycles. The summed E-state index contributed by atoms with van der Waals surface area (Å²) in [6.07, 6.45) is 1.10. The lowest BCUT2D eigenvalue weighted by molar-refractivity contribution is 0.204. The molecule has 0 bridgehead atoms. The van der Waals surface area contributed by atoms with E-state index in [2.05, 4.69) is 20.9 Å². The number of benzene rings is 1. The first-order valence-corrected chi connectivity index (χ1v) is 4.67. The quantitative estimate of drug-likeness (QED) is 0.377. The van der Waals surface area contributed by atoms with E-state index in [9.17, 15) is 14.3 Å². The third-order valence-electron chi connectivity index (χ3n) is 1.81. The van der Waals surface area contributed by atoms with Gasteiger partial charge in [0, 0.05) is 10.0 Å². The highest BCUT2D eigenvalue weighted by Gasteiger charge is 2.28. The Hall–Kier alpha value is -1.39. The molecule has 0 saturated heterocycles. The maximum absolute atomic E-state index is 13.7. The fourth-order valence-electron chi connectivity index (χ4n) is 1.05. The molecule has 6 heteroatoms. The number of hydrogen-bond acceptors (Lipinski definition) is 4. The number of alkyl halides is 1. The van der Waals surface area contributed by atoms with Gasteiger partial charge in [0.05, 0.1) is 0 Å². The van der Waals surface area contributed by atoms with E-state index in [0.29, 0.717) is 0 Å². The number of phenolic OH excluding ortho intramolecular Hbond substituents is 2. The molecule has 1 rings (SSSR count). The first kappa shape index (κ1) is 11.7. The van der Waals surface area contributed by atoms with Crippen molar-refractivity contribution in [2.24, 2.45) is 4.99 Å². The van der Waals surface area contributed by atoms with Crippen molar-refractivity contribution in [1.29, 1.82) is 0 Å². The molecule has 1 aromatic rings. The standard InChI is InChI=1S/C9H7BrFNO3/c1-9(11,12-4-13)5-2-7(14)8(15)3-6(5)10/h2-3,14-15H,1H3. The molecule has 0 amide bonds. The van der Waals surface area contributed by atoms with Gasteiger partial charge in [-0.25, -0.2) is 9.18 Å². The number of carbonyl (C=O) groups excluding carboxylic acids is 1. The normalized spacial score (nSPS) is 14.1. The summed E-state index contributed by atoms with van der Waals surface area (Å²) in [4.78, 5) is 13.0. The molecule has 0 fully saturated rings. The summed E-state index contributed by atoms with van der Waals surface area (Å²) in [5, 5.41) is 18.3. The van der Waals surface area contributed by atoms with Gasteiger partial charge in [0.2, 0.25) is 11.9 Å². The summed E-state index contributed by atoms with van der Waals surface area (Å²) < 4.78 is 13.9. The van der Waals surface area contributed by atoms with Crippen LogP contribution in [0, 0.1) is 0 Å². The summed E-state index contributed by atoms with van der Waals surface area (Å²) in [6.45, 7) is 1.04. The Bertz CT molecular complexity index is 441. The maximum Gasteiger partial charge on any atom is 0.238 e. The number of nitrogens with zero attached hydrogens (tertiary/aromatic N) is 1. The molecule has 2 N–H and O–H groups in total. The molecular formula is C9H7BrFNO3. The van der Waals surface area contributed by atoms with Crippen LogP contribution in [-0.2, 0) is 10.6 Å². The van der Waals surface area contributed by atoms with Gasteiger partial charge in [0.1, 0.15) is 0 Å². The Kier molecular flexibility index (Phi) is 3.12. The predicted octanol–water partition coefficient (Wildman–Crippen LogP) is 2.34. The van der Waals surface area contributed by atoms with Crippen molar-refractivity contribution in [3.63, 3.8) is 0 Å². The summed E-state index contributed by atoms with van der Waals surface area (Å²) in [5.41, 5.74) is -0.0684. The number of aromatic hydroxyl groups is 2. The Morgan fingerprint density at radius 1 is 1.47 bits per heavy atom. The van der Waals surface area contributed by atoms with Crippen LogP contribution in [-0.4, -0.2) is 16.3 Å². The number of hydrogen-bond donors (Lipinski definition) is 2. The highest BCUT2D eigenvalue weighted by atomic mass is 79.9. The number of isocyanates is 1. The summed E-state index contributed by atoms with van der Waals surface area (Å²) in [5.74, 6) is -3.18. The first-order valence-electron chi connectivity index (χ1n) is 3.88. The van der Waals surface area contributed by atoms with E-state index >= 15 is 0 Å². The minimum atomic E-state index is -2.30. The zero-order chi connectivity index (χ0) is 11.6. The number of rotatable bonds is 2. The Morgan fingerprint density at radius 3 is 2.53 bits per heavy atom. The summed E-state index contributed by atoms with van der Waals surface area (Å²) in [6, 6.07) is 2.10. The van der Waals surface area contributed by atoms with Gasteiger partial charge in [0.15, 0.2) is 11.5 Å². The van der Waals surface area contributed by atoms with Crippen molar-refractivity contribution >= 4 is 22.0 Å². The third-order valence-corrected chi connectivity index (χ3v) is 2.47. The van der Waals surface area contributed by atoms with Crippen LogP contribution in [0.1, 0.15) is 12.5 Å². The Balaban J connectivity index is 3.38. The summed E-state index contributed by atoms with van der Waals surface area (Å²) in [7, 11) is 0. The van der Waals surface area contributed by atoms with Crippen molar-refractivity contribution in [3.8, 4) is 11.5 Å². The number of phenols is 2. The Labute approximate surface area is 93.2 Å². The molecule has 0 spiro atoms. The van der Waals surface area contributed by atoms with Crippen molar-refractivity contribution < 1.29 is 19.4 Å². The average Bonchev–Trinajstić information content (AvgIpc) is 2.11. The number of halogens is 2. The molecule has 0 saturated carbocycles. The minimum Gasteiger partial charge on any atom is -0.504 e. The van der Waals surface area contributed by atoms with Crippen LogP contribution in [0.4, 0.5) is 4.39 Å². The molecule has 0 aliphatic heterocycles. The van der Waals surface area contributed by atoms with E-state index in [4.69, 9.17) is 5.11 Å². The van der Waals surface area contributed by atoms with Gasteiger partial charge in [-0.1, -0.05) is 15.9 Å². The van der Waals surface area contributed by atoms with E-state index in [1.54, 1.807) is 0 Å². The van der Waals surface area contributed by atoms with E-state index in [-0.39, 0.29) is 10.0 Å². The van der Waals surface area contributed by atoms with Gasteiger partial charge in [0.25, 0.3) is 0 Å². The largest absolute Gasteiger partial charge is 0.504 e. The molecule has 0 radical (unpaired) electrons. The molecule has 1 aromatic carbocycles. The molecule has 0 aromatic heterocycles. The van der Waals surface area contributed by atoms with Crippen molar-refractivity contribution in [2.45, 2.75) is 12.7 Å². The van der Waals surface area contributed by atoms with E-state index in [1.165, 1.54) is 0 Å². The van der Waals surface area contributed by atoms with Crippen molar-refractivity contribution in [3.05, 3.63) is 22.2 Å². The highest BCUT2D eigenvalue weighted by Crippen LogP contribution is 2.39. The molecule has 1 unspecified atom stereocenters. The molecular weight excluding hydrogens is 269 g/mol. The molecule has 80 valence electrons. The minimum absolute atomic E-state index is 0.0684. The van der Waals surface area contributed by atoms with Crippen LogP contribution < -0.4 is 0 Å². The lowest BCUT2D eigenvalue weighted by atomic mass is 10.1. The monoisotopic (exact) mass is 275 g/mol. The van der Waals surface area contributed by atoms with Crippen LogP contribution in [0.3, 0.4) is 0 Å². The molecule has 4 nitrogen and oxygen atoms in total. The SMILES string of the molecule is CC(F)(N=C=O)c1cc(O)c(O)cc1Br. The van der Waals surface area contributed by atoms with E-state index < -0.39 is 17.3 Å². The fourth-order valence-corrected chi connectivity index (χ4v) is 1.74. The van der Waals surface area contributed by atoms with Gasteiger partial charge in [-0.2, -0.15) is 4.99 Å². The second-order valence-electron chi connectivity index (χ2n) is 2.98. The lowest BCUT2D eigenvalue weighted by Gasteiger charge is -2.16. The highest BCUT2D eigenvalue weighted by molar-refractivity contribution is 9.10. The second kappa shape index (κ2) is 4.00. The zero-order valence-electron chi connectivity index (χ0n) is 7.66. The number of aliphatic imine (C=N–C) groups is 1. The van der Waals surface area contributed by atoms with E-state index in [1.807, 2.05) is 0 Å². The maximum atomic E-state index is 13.7. The second-order valence-corrected chi connectivity index (χ2v) is 3.83. The van der Waals surface area contributed by atoms with Gasteiger partial charge < -0.3 is 10.2 Å². The van der Waals surface area contributed by atoms with Crippen LogP contribution in [0.15, 0.2) is 21.6 Å². The molecule has 0 aliphatic carbocycles. The van der Waals surface area contributed by atoms with Crippen LogP contribution in [0.25, 0.3) is 0 Å². The molecule has 1 atom stereocenters. The fraction of sp³-hybridized carbons (Fsp3) is 0.222. The third kappa shape index (κ3) is 2.34. The zero-order valence-corrected chi connectivity index (χ0v) is 9.25. The van der Waals surface area contributed by atoms with Crippen molar-refractivity contribution in [1.82, 2.24) is 0 Å². The van der Waals surface area contributed by atoms with E-state index in [0.717, 1.165) is 25.1 Å². The van der Waals surface area contributed by atoms with Crippen LogP contribution in [0.5, 0.6) is 11.5 Å². The van der Waals surface area contributed by atoms with Crippen LogP contribution >= 0.6 is 15.9 Å². The van der Waals surface area contributed by atoms with Gasteiger partial charge in [-0.15, -0.1) is 0 Å². The lowest BCUT2D eigenvalue weighted by Crippen LogP contribution is -2.12. The summed E-state index contributed by atoms with van der Waals surface area (Å²) >= 11 is 2.99. The Morgan fingerprint density at radius 2 is 2.00 bits per heavy atom. The van der Waals surface area contributed by atoms with Crippen LogP contribution in [0.2, 0.25) is 0 Å². The molecule has 15 heavy (non-hydrogen) atoms. The van der Waals surface area contributed by atoms with Crippen molar-refractivity contribution in [2.75, 3.05) is 0 Å². The smallest absolute Gasteiger partial charge is 0.238 e. The van der Waals surface area contributed by atoms with Gasteiger partial charge >= 0.3 is 0 Å².